The summed E-state index contributed by atoms with van der Waals surface area (Å²) in [6.45, 7) is 2.25. The molecule has 0 N–H and O–H groups in total. The predicted octanol–water partition coefficient (Wildman–Crippen LogP) is 5.20. The Morgan fingerprint density at radius 2 is 2.24 bits per heavy atom. The van der Waals surface area contributed by atoms with Gasteiger partial charge in [-0.2, -0.15) is 0 Å². The highest BCUT2D eigenvalue weighted by molar-refractivity contribution is 9.09. The molecule has 0 aliphatic rings. The molecule has 1 nitrogen and oxygen atoms in total. The number of fused-ring (bicyclic) bond motifs is 1. The zero-order valence-corrected chi connectivity index (χ0v) is 13.1. The minimum absolute atomic E-state index is 0.761. The number of alkyl halides is 1. The highest BCUT2D eigenvalue weighted by Crippen LogP contribution is 2.31. The quantitative estimate of drug-likeness (QED) is 0.533. The SMILES string of the molecule is CCCC(CBr)CSc1nc2ccccc2s1. The van der Waals surface area contributed by atoms with E-state index in [9.17, 15) is 0 Å². The van der Waals surface area contributed by atoms with Gasteiger partial charge in [0.2, 0.25) is 0 Å². The van der Waals surface area contributed by atoms with Gasteiger partial charge in [-0.1, -0.05) is 53.2 Å². The van der Waals surface area contributed by atoms with Gasteiger partial charge in [-0.05, 0) is 24.5 Å². The first-order chi connectivity index (χ1) is 8.33. The molecule has 1 unspecified atom stereocenters. The number of aromatic nitrogens is 1. The van der Waals surface area contributed by atoms with Crippen molar-refractivity contribution in [1.29, 1.82) is 0 Å². The highest BCUT2D eigenvalue weighted by atomic mass is 79.9. The molecule has 1 heterocycles. The maximum Gasteiger partial charge on any atom is 0.151 e. The Morgan fingerprint density at radius 3 is 2.94 bits per heavy atom. The molecular formula is C13H16BrNS2. The molecule has 1 aromatic carbocycles. The zero-order chi connectivity index (χ0) is 12.1. The Hall–Kier alpha value is -0.0600. The lowest BCUT2D eigenvalue weighted by Gasteiger charge is -2.10. The van der Waals surface area contributed by atoms with Gasteiger partial charge in [0.25, 0.3) is 0 Å². The van der Waals surface area contributed by atoms with Crippen LogP contribution in [0.1, 0.15) is 19.8 Å². The molecule has 92 valence electrons. The van der Waals surface area contributed by atoms with Gasteiger partial charge in [0.15, 0.2) is 4.34 Å². The van der Waals surface area contributed by atoms with Crippen LogP contribution in [0.15, 0.2) is 28.6 Å². The molecule has 0 spiro atoms. The summed E-state index contributed by atoms with van der Waals surface area (Å²) in [7, 11) is 0. The van der Waals surface area contributed by atoms with Gasteiger partial charge in [-0.25, -0.2) is 4.98 Å². The number of rotatable bonds is 6. The second kappa shape index (κ2) is 6.76. The number of para-hydroxylation sites is 1. The molecule has 0 amide bonds. The fourth-order valence-electron chi connectivity index (χ4n) is 1.72. The van der Waals surface area contributed by atoms with Crippen molar-refractivity contribution in [3.63, 3.8) is 0 Å². The fourth-order valence-corrected chi connectivity index (χ4v) is 4.80. The molecule has 1 aromatic heterocycles. The summed E-state index contributed by atoms with van der Waals surface area (Å²) in [5.74, 6) is 1.93. The summed E-state index contributed by atoms with van der Waals surface area (Å²) in [5, 5.41) is 1.10. The van der Waals surface area contributed by atoms with Gasteiger partial charge in [-0.3, -0.25) is 0 Å². The molecule has 0 saturated heterocycles. The van der Waals surface area contributed by atoms with Crippen LogP contribution in [0.3, 0.4) is 0 Å². The van der Waals surface area contributed by atoms with E-state index < -0.39 is 0 Å². The van der Waals surface area contributed by atoms with E-state index in [0.29, 0.717) is 0 Å². The van der Waals surface area contributed by atoms with Gasteiger partial charge in [0.05, 0.1) is 10.2 Å². The highest BCUT2D eigenvalue weighted by Gasteiger charge is 2.09. The number of thioether (sulfide) groups is 1. The van der Waals surface area contributed by atoms with E-state index in [0.717, 1.165) is 16.8 Å². The van der Waals surface area contributed by atoms with Crippen molar-refractivity contribution in [3.05, 3.63) is 24.3 Å². The maximum atomic E-state index is 4.65. The average molecular weight is 330 g/mol. The van der Waals surface area contributed by atoms with E-state index in [1.807, 2.05) is 11.8 Å². The lowest BCUT2D eigenvalue weighted by Crippen LogP contribution is -2.04. The van der Waals surface area contributed by atoms with Gasteiger partial charge < -0.3 is 0 Å². The first-order valence-corrected chi connectivity index (χ1v) is 8.80. The molecule has 1 atom stereocenters. The smallest absolute Gasteiger partial charge is 0.151 e. The second-order valence-electron chi connectivity index (χ2n) is 4.07. The van der Waals surface area contributed by atoms with E-state index in [4.69, 9.17) is 0 Å². The Labute approximate surface area is 119 Å². The number of hydrogen-bond acceptors (Lipinski definition) is 3. The third kappa shape index (κ3) is 3.70. The largest absolute Gasteiger partial charge is 0.230 e. The van der Waals surface area contributed by atoms with Crippen LogP contribution >= 0.6 is 39.0 Å². The van der Waals surface area contributed by atoms with Crippen LogP contribution in [0.2, 0.25) is 0 Å². The number of thiazole rings is 1. The Balaban J connectivity index is 1.98. The van der Waals surface area contributed by atoms with Crippen LogP contribution in [0.5, 0.6) is 0 Å². The molecule has 0 fully saturated rings. The molecule has 0 aliphatic carbocycles. The molecule has 4 heteroatoms. The van der Waals surface area contributed by atoms with E-state index in [2.05, 4.69) is 52.1 Å². The van der Waals surface area contributed by atoms with Crippen molar-refractivity contribution in [2.45, 2.75) is 24.1 Å². The number of benzene rings is 1. The van der Waals surface area contributed by atoms with E-state index >= 15 is 0 Å². The normalized spacial score (nSPS) is 13.1. The summed E-state index contributed by atoms with van der Waals surface area (Å²) in [6.07, 6.45) is 2.56. The number of hydrogen-bond donors (Lipinski definition) is 0. The van der Waals surface area contributed by atoms with E-state index in [1.165, 1.54) is 27.6 Å². The predicted molar refractivity (Wildman–Crippen MR) is 82.5 cm³/mol. The van der Waals surface area contributed by atoms with E-state index in [1.54, 1.807) is 11.3 Å². The van der Waals surface area contributed by atoms with Crippen LogP contribution in [0.25, 0.3) is 10.2 Å². The van der Waals surface area contributed by atoms with Crippen molar-refractivity contribution in [3.8, 4) is 0 Å². The summed E-state index contributed by atoms with van der Waals surface area (Å²) in [4.78, 5) is 4.65. The van der Waals surface area contributed by atoms with Gasteiger partial charge in [0.1, 0.15) is 0 Å². The molecular weight excluding hydrogens is 314 g/mol. The van der Waals surface area contributed by atoms with Crippen LogP contribution < -0.4 is 0 Å². The molecule has 17 heavy (non-hydrogen) atoms. The first kappa shape index (κ1) is 13.4. The van der Waals surface area contributed by atoms with Crippen LogP contribution in [0, 0.1) is 5.92 Å². The second-order valence-corrected chi connectivity index (χ2v) is 7.01. The molecule has 0 saturated carbocycles. The monoisotopic (exact) mass is 329 g/mol. The van der Waals surface area contributed by atoms with Crippen molar-refractivity contribution >= 4 is 49.2 Å². The lowest BCUT2D eigenvalue weighted by atomic mass is 10.1. The molecule has 0 bridgehead atoms. The standard InChI is InChI=1S/C13H16BrNS2/c1-2-5-10(8-14)9-16-13-15-11-6-3-4-7-12(11)17-13/h3-4,6-7,10H,2,5,8-9H2,1H3. The van der Waals surface area contributed by atoms with Gasteiger partial charge in [-0.15, -0.1) is 11.3 Å². The van der Waals surface area contributed by atoms with Crippen molar-refractivity contribution in [1.82, 2.24) is 4.98 Å². The Morgan fingerprint density at radius 1 is 1.41 bits per heavy atom. The summed E-state index contributed by atoms with van der Waals surface area (Å²) in [5.41, 5.74) is 1.13. The van der Waals surface area contributed by atoms with Crippen molar-refractivity contribution < 1.29 is 0 Å². The van der Waals surface area contributed by atoms with Crippen LogP contribution in [-0.2, 0) is 0 Å². The lowest BCUT2D eigenvalue weighted by molar-refractivity contribution is 0.597. The maximum absolute atomic E-state index is 4.65. The van der Waals surface area contributed by atoms with Gasteiger partial charge >= 0.3 is 0 Å². The van der Waals surface area contributed by atoms with Gasteiger partial charge in [0, 0.05) is 11.1 Å². The third-order valence-electron chi connectivity index (χ3n) is 2.63. The summed E-state index contributed by atoms with van der Waals surface area (Å²) >= 11 is 7.30. The molecule has 2 rings (SSSR count). The van der Waals surface area contributed by atoms with Crippen molar-refractivity contribution in [2.24, 2.45) is 5.92 Å². The number of halogens is 1. The fraction of sp³-hybridized carbons (Fsp3) is 0.462. The third-order valence-corrected chi connectivity index (χ3v) is 5.96. The average Bonchev–Trinajstić information content (AvgIpc) is 2.77. The molecule has 0 radical (unpaired) electrons. The summed E-state index contributed by atoms with van der Waals surface area (Å²) in [6, 6.07) is 8.36. The number of nitrogens with zero attached hydrogens (tertiary/aromatic N) is 1. The Bertz CT molecular complexity index is 436. The minimum atomic E-state index is 0.761. The zero-order valence-electron chi connectivity index (χ0n) is 9.86. The van der Waals surface area contributed by atoms with Crippen LogP contribution in [0.4, 0.5) is 0 Å². The van der Waals surface area contributed by atoms with E-state index in [-0.39, 0.29) is 0 Å². The molecule has 2 aromatic rings. The summed E-state index contributed by atoms with van der Waals surface area (Å²) < 4.78 is 2.49. The topological polar surface area (TPSA) is 12.9 Å². The Kier molecular flexibility index (Phi) is 5.32. The molecule has 0 aliphatic heterocycles. The minimum Gasteiger partial charge on any atom is -0.230 e. The first-order valence-electron chi connectivity index (χ1n) is 5.87. The van der Waals surface area contributed by atoms with Crippen LogP contribution in [-0.4, -0.2) is 16.1 Å². The van der Waals surface area contributed by atoms with Crippen molar-refractivity contribution in [2.75, 3.05) is 11.1 Å².